The predicted octanol–water partition coefficient (Wildman–Crippen LogP) is 3.13. The summed E-state index contributed by atoms with van der Waals surface area (Å²) in [5.74, 6) is 2.91. The van der Waals surface area contributed by atoms with Crippen LogP contribution in [-0.4, -0.2) is 41.7 Å². The van der Waals surface area contributed by atoms with Gasteiger partial charge in [0.15, 0.2) is 0 Å². The van der Waals surface area contributed by atoms with Gasteiger partial charge < -0.3 is 14.2 Å². The number of methoxy groups -OCH3 is 1. The lowest BCUT2D eigenvalue weighted by atomic mass is 9.98. The monoisotopic (exact) mass is 307 g/mol. The van der Waals surface area contributed by atoms with Crippen molar-refractivity contribution >= 4 is 22.6 Å². The third-order valence-corrected chi connectivity index (χ3v) is 4.56. The number of imidazole rings is 1. The number of aromatic nitrogens is 2. The number of piperidine rings is 1. The molecule has 1 unspecified atom stereocenters. The van der Waals surface area contributed by atoms with Gasteiger partial charge in [-0.25, -0.2) is 4.98 Å². The third-order valence-electron chi connectivity index (χ3n) is 4.32. The summed E-state index contributed by atoms with van der Waals surface area (Å²) >= 11 is 6.10. The number of hydrogen-bond acceptors (Lipinski definition) is 3. The molecule has 1 fully saturated rings. The normalized spacial score (nSPS) is 20.0. The lowest BCUT2D eigenvalue weighted by Crippen LogP contribution is -2.34. The lowest BCUT2D eigenvalue weighted by Gasteiger charge is -2.30. The quantitative estimate of drug-likeness (QED) is 0.813. The molecule has 2 heterocycles. The molecule has 1 aliphatic rings. The number of halogens is 1. The number of nitrogens with zero attached hydrogens (tertiary/aromatic N) is 3. The van der Waals surface area contributed by atoms with Crippen LogP contribution in [0.4, 0.5) is 0 Å². The molecule has 0 spiro atoms. The third kappa shape index (κ3) is 3.01. The Balaban J connectivity index is 1.92. The molecule has 1 atom stereocenters. The molecule has 4 nitrogen and oxygen atoms in total. The minimum absolute atomic E-state index is 0.444. The van der Waals surface area contributed by atoms with E-state index in [1.807, 2.05) is 12.1 Å². The molecule has 5 heteroatoms. The predicted molar refractivity (Wildman–Crippen MR) is 86.1 cm³/mol. The van der Waals surface area contributed by atoms with E-state index in [-0.39, 0.29) is 0 Å². The smallest absolute Gasteiger partial charge is 0.124 e. The molecule has 21 heavy (non-hydrogen) atoms. The highest BCUT2D eigenvalue weighted by molar-refractivity contribution is 6.16. The zero-order valence-corrected chi connectivity index (χ0v) is 13.4. The maximum atomic E-state index is 6.10. The van der Waals surface area contributed by atoms with Crippen molar-refractivity contribution in [1.82, 2.24) is 14.5 Å². The second-order valence-electron chi connectivity index (χ2n) is 5.90. The standard InChI is InChI=1S/C16H22ClN3O/c1-19-7-3-4-12(10-19)11-20-15-6-5-13(21-2)8-14(15)18-16(20)9-17/h5-6,8,12H,3-4,7,9-11H2,1-2H3. The van der Waals surface area contributed by atoms with Crippen LogP contribution in [0.15, 0.2) is 18.2 Å². The van der Waals surface area contributed by atoms with E-state index >= 15 is 0 Å². The van der Waals surface area contributed by atoms with Gasteiger partial charge in [-0.05, 0) is 44.5 Å². The summed E-state index contributed by atoms with van der Waals surface area (Å²) in [6.45, 7) is 3.35. The Morgan fingerprint density at radius 2 is 2.29 bits per heavy atom. The molecular formula is C16H22ClN3O. The van der Waals surface area contributed by atoms with Crippen LogP contribution in [0.5, 0.6) is 5.75 Å². The van der Waals surface area contributed by atoms with Gasteiger partial charge in [0, 0.05) is 19.2 Å². The van der Waals surface area contributed by atoms with E-state index in [1.54, 1.807) is 7.11 Å². The van der Waals surface area contributed by atoms with Crippen molar-refractivity contribution in [3.8, 4) is 5.75 Å². The van der Waals surface area contributed by atoms with Crippen LogP contribution in [-0.2, 0) is 12.4 Å². The van der Waals surface area contributed by atoms with Gasteiger partial charge in [0.25, 0.3) is 0 Å². The van der Waals surface area contributed by atoms with Gasteiger partial charge in [0.05, 0.1) is 24.0 Å². The van der Waals surface area contributed by atoms with E-state index in [2.05, 4.69) is 27.6 Å². The van der Waals surface area contributed by atoms with E-state index in [0.29, 0.717) is 11.8 Å². The largest absolute Gasteiger partial charge is 0.497 e. The van der Waals surface area contributed by atoms with Gasteiger partial charge in [-0.1, -0.05) is 0 Å². The zero-order chi connectivity index (χ0) is 14.8. The van der Waals surface area contributed by atoms with Crippen molar-refractivity contribution in [3.63, 3.8) is 0 Å². The Kier molecular flexibility index (Phi) is 4.36. The number of alkyl halides is 1. The number of likely N-dealkylation sites (tertiary alicyclic amines) is 1. The summed E-state index contributed by atoms with van der Waals surface area (Å²) in [6, 6.07) is 6.06. The highest BCUT2D eigenvalue weighted by Gasteiger charge is 2.20. The molecule has 1 aromatic carbocycles. The fourth-order valence-electron chi connectivity index (χ4n) is 3.27. The molecule has 114 valence electrons. The summed E-state index contributed by atoms with van der Waals surface area (Å²) in [5.41, 5.74) is 2.12. The highest BCUT2D eigenvalue weighted by atomic mass is 35.5. The second kappa shape index (κ2) is 6.24. The molecule has 0 aliphatic carbocycles. The van der Waals surface area contributed by atoms with Crippen LogP contribution in [0.25, 0.3) is 11.0 Å². The fraction of sp³-hybridized carbons (Fsp3) is 0.562. The molecular weight excluding hydrogens is 286 g/mol. The molecule has 1 aromatic heterocycles. The first kappa shape index (κ1) is 14.7. The Morgan fingerprint density at radius 3 is 3.00 bits per heavy atom. The first-order chi connectivity index (χ1) is 10.2. The van der Waals surface area contributed by atoms with E-state index in [1.165, 1.54) is 19.4 Å². The summed E-state index contributed by atoms with van der Waals surface area (Å²) in [5, 5.41) is 0. The second-order valence-corrected chi connectivity index (χ2v) is 6.16. The lowest BCUT2D eigenvalue weighted by molar-refractivity contribution is 0.195. The van der Waals surface area contributed by atoms with Crippen LogP contribution in [0.2, 0.25) is 0 Å². The summed E-state index contributed by atoms with van der Waals surface area (Å²) in [4.78, 5) is 7.08. The summed E-state index contributed by atoms with van der Waals surface area (Å²) in [6.07, 6.45) is 2.56. The molecule has 3 rings (SSSR count). The van der Waals surface area contributed by atoms with Gasteiger partial charge in [-0.3, -0.25) is 0 Å². The number of rotatable bonds is 4. The van der Waals surface area contributed by atoms with Crippen LogP contribution in [0.3, 0.4) is 0 Å². The van der Waals surface area contributed by atoms with Crippen molar-refractivity contribution in [2.45, 2.75) is 25.3 Å². The summed E-state index contributed by atoms with van der Waals surface area (Å²) < 4.78 is 7.56. The molecule has 0 saturated carbocycles. The van der Waals surface area contributed by atoms with Crippen LogP contribution < -0.4 is 4.74 Å². The van der Waals surface area contributed by atoms with Crippen molar-refractivity contribution in [2.75, 3.05) is 27.2 Å². The van der Waals surface area contributed by atoms with E-state index in [9.17, 15) is 0 Å². The minimum atomic E-state index is 0.444. The SMILES string of the molecule is COc1ccc2c(c1)nc(CCl)n2CC1CCCN(C)C1. The number of ether oxygens (including phenoxy) is 1. The molecule has 0 bridgehead atoms. The number of fused-ring (bicyclic) bond motifs is 1. The Bertz CT molecular complexity index is 625. The Morgan fingerprint density at radius 1 is 1.43 bits per heavy atom. The van der Waals surface area contributed by atoms with Gasteiger partial charge in [-0.15, -0.1) is 11.6 Å². The average molecular weight is 308 g/mol. The Hall–Kier alpha value is -1.26. The van der Waals surface area contributed by atoms with E-state index in [4.69, 9.17) is 16.3 Å². The van der Waals surface area contributed by atoms with Gasteiger partial charge in [0.2, 0.25) is 0 Å². The van der Waals surface area contributed by atoms with Gasteiger partial charge in [0.1, 0.15) is 11.6 Å². The van der Waals surface area contributed by atoms with E-state index in [0.717, 1.165) is 35.7 Å². The van der Waals surface area contributed by atoms with Crippen LogP contribution >= 0.6 is 11.6 Å². The average Bonchev–Trinajstić information content (AvgIpc) is 2.84. The first-order valence-electron chi connectivity index (χ1n) is 7.49. The van der Waals surface area contributed by atoms with Crippen molar-refractivity contribution in [1.29, 1.82) is 0 Å². The fourth-order valence-corrected chi connectivity index (χ4v) is 3.48. The maximum absolute atomic E-state index is 6.10. The van der Waals surface area contributed by atoms with Crippen molar-refractivity contribution < 1.29 is 4.74 Å². The first-order valence-corrected chi connectivity index (χ1v) is 8.02. The zero-order valence-electron chi connectivity index (χ0n) is 12.7. The number of benzene rings is 1. The van der Waals surface area contributed by atoms with Crippen molar-refractivity contribution in [2.24, 2.45) is 5.92 Å². The molecule has 0 N–H and O–H groups in total. The maximum Gasteiger partial charge on any atom is 0.124 e. The highest BCUT2D eigenvalue weighted by Crippen LogP contribution is 2.25. The molecule has 0 radical (unpaired) electrons. The molecule has 2 aromatic rings. The van der Waals surface area contributed by atoms with Crippen molar-refractivity contribution in [3.05, 3.63) is 24.0 Å². The minimum Gasteiger partial charge on any atom is -0.497 e. The van der Waals surface area contributed by atoms with Gasteiger partial charge >= 0.3 is 0 Å². The van der Waals surface area contributed by atoms with Gasteiger partial charge in [-0.2, -0.15) is 0 Å². The Labute approximate surface area is 130 Å². The topological polar surface area (TPSA) is 30.3 Å². The molecule has 1 saturated heterocycles. The summed E-state index contributed by atoms with van der Waals surface area (Å²) in [7, 11) is 3.88. The molecule has 0 amide bonds. The van der Waals surface area contributed by atoms with Crippen LogP contribution in [0, 0.1) is 5.92 Å². The number of hydrogen-bond donors (Lipinski definition) is 0. The van der Waals surface area contributed by atoms with Crippen LogP contribution in [0.1, 0.15) is 18.7 Å². The van der Waals surface area contributed by atoms with E-state index < -0.39 is 0 Å². The molecule has 1 aliphatic heterocycles.